The molecule has 2 aromatic rings. The van der Waals surface area contributed by atoms with Gasteiger partial charge in [0.2, 0.25) is 0 Å². The molecule has 12 heteroatoms. The van der Waals surface area contributed by atoms with Gasteiger partial charge < -0.3 is 24.8 Å². The van der Waals surface area contributed by atoms with E-state index in [4.69, 9.17) is 25.8 Å². The van der Waals surface area contributed by atoms with Gasteiger partial charge in [0.1, 0.15) is 0 Å². The summed E-state index contributed by atoms with van der Waals surface area (Å²) in [4.78, 5) is 36.2. The molecule has 2 aromatic carbocycles. The average Bonchev–Trinajstić information content (AvgIpc) is 3.37. The maximum atomic E-state index is 12.4. The summed E-state index contributed by atoms with van der Waals surface area (Å²) in [5, 5.41) is 9.64. The molecule has 1 fully saturated rings. The van der Waals surface area contributed by atoms with Crippen molar-refractivity contribution in [2.75, 3.05) is 32.2 Å². The van der Waals surface area contributed by atoms with Gasteiger partial charge in [-0.1, -0.05) is 17.7 Å². The van der Waals surface area contributed by atoms with E-state index >= 15 is 0 Å². The van der Waals surface area contributed by atoms with Crippen molar-refractivity contribution in [2.24, 2.45) is 5.10 Å². The number of benzene rings is 2. The number of rotatable bonds is 9. The maximum Gasteiger partial charge on any atom is 0.329 e. The van der Waals surface area contributed by atoms with Gasteiger partial charge in [-0.05, 0) is 77.7 Å². The molecule has 3 N–H and O–H groups in total. The lowest BCUT2D eigenvalue weighted by atomic mass is 10.2. The number of nitrogens with zero attached hydrogens (tertiary/aromatic N) is 1. The number of methoxy groups -OCH3 is 1. The molecule has 192 valence electrons. The Morgan fingerprint density at radius 2 is 2.06 bits per heavy atom. The fraction of sp³-hybridized carbons (Fsp3) is 0.333. The predicted octanol–water partition coefficient (Wildman–Crippen LogP) is 3.02. The topological polar surface area (TPSA) is 127 Å². The Kier molecular flexibility index (Phi) is 10.3. The van der Waals surface area contributed by atoms with Crippen LogP contribution in [0.15, 0.2) is 35.4 Å². The number of aryl methyl sites for hydroxylation is 1. The highest BCUT2D eigenvalue weighted by Gasteiger charge is 2.19. The lowest BCUT2D eigenvalue weighted by Crippen LogP contribution is -2.41. The summed E-state index contributed by atoms with van der Waals surface area (Å²) in [6.07, 6.45) is 3.10. The maximum absolute atomic E-state index is 12.4. The van der Waals surface area contributed by atoms with Crippen LogP contribution >= 0.6 is 34.2 Å². The zero-order chi connectivity index (χ0) is 26.1. The molecule has 0 aromatic heterocycles. The number of anilines is 1. The number of hydrogen-bond acceptors (Lipinski definition) is 7. The molecule has 1 heterocycles. The number of amides is 3. The SMILES string of the molecule is COc1cc(/C=N\NC(=O)C(=O)NC[C@@H]2CCCO2)cc(I)c1OCC(=O)Nc1cc(Cl)ccc1C. The molecule has 0 bridgehead atoms. The molecule has 0 spiro atoms. The van der Waals surface area contributed by atoms with Gasteiger partial charge >= 0.3 is 11.8 Å². The first-order chi connectivity index (χ1) is 17.3. The van der Waals surface area contributed by atoms with Crippen LogP contribution < -0.4 is 25.5 Å². The van der Waals surface area contributed by atoms with Gasteiger partial charge in [0.15, 0.2) is 18.1 Å². The molecule has 3 amide bonds. The van der Waals surface area contributed by atoms with E-state index in [-0.39, 0.29) is 25.2 Å². The minimum Gasteiger partial charge on any atom is -0.493 e. The molecule has 10 nitrogen and oxygen atoms in total. The second-order valence-corrected chi connectivity index (χ2v) is 9.47. The van der Waals surface area contributed by atoms with Gasteiger partial charge in [-0.25, -0.2) is 5.43 Å². The number of ether oxygens (including phenoxy) is 3. The first-order valence-electron chi connectivity index (χ1n) is 11.1. The van der Waals surface area contributed by atoms with Crippen molar-refractivity contribution in [1.29, 1.82) is 0 Å². The van der Waals surface area contributed by atoms with Crippen LogP contribution in [-0.4, -0.2) is 56.9 Å². The van der Waals surface area contributed by atoms with Gasteiger partial charge in [0.05, 0.1) is 23.0 Å². The minimum absolute atomic E-state index is 0.0625. The van der Waals surface area contributed by atoms with Gasteiger partial charge in [0.25, 0.3) is 5.91 Å². The molecule has 3 rings (SSSR count). The van der Waals surface area contributed by atoms with Crippen LogP contribution in [0.2, 0.25) is 5.02 Å². The number of hydrogen-bond donors (Lipinski definition) is 3. The van der Waals surface area contributed by atoms with Crippen molar-refractivity contribution in [3.05, 3.63) is 50.1 Å². The van der Waals surface area contributed by atoms with Crippen LogP contribution in [0.5, 0.6) is 11.5 Å². The van der Waals surface area contributed by atoms with E-state index in [1.165, 1.54) is 13.3 Å². The van der Waals surface area contributed by atoms with Crippen molar-refractivity contribution < 1.29 is 28.6 Å². The fourth-order valence-corrected chi connectivity index (χ4v) is 4.27. The molecule has 1 saturated heterocycles. The lowest BCUT2D eigenvalue weighted by Gasteiger charge is -2.14. The van der Waals surface area contributed by atoms with Crippen LogP contribution in [0.25, 0.3) is 0 Å². The summed E-state index contributed by atoms with van der Waals surface area (Å²) >= 11 is 8.04. The van der Waals surface area contributed by atoms with Gasteiger partial charge in [0, 0.05) is 23.9 Å². The number of halogens is 2. The Hall–Kier alpha value is -2.90. The second-order valence-electron chi connectivity index (χ2n) is 7.87. The minimum atomic E-state index is -0.883. The van der Waals surface area contributed by atoms with E-state index in [0.29, 0.717) is 37.9 Å². The van der Waals surface area contributed by atoms with Gasteiger partial charge in [-0.3, -0.25) is 14.4 Å². The molecular weight excluding hydrogens is 603 g/mol. The van der Waals surface area contributed by atoms with Crippen molar-refractivity contribution in [2.45, 2.75) is 25.9 Å². The molecule has 0 unspecified atom stereocenters. The van der Waals surface area contributed by atoms with E-state index in [9.17, 15) is 14.4 Å². The standard InChI is InChI=1S/C24H26ClIN4O6/c1-14-5-6-16(25)10-19(14)29-21(31)13-36-22-18(26)8-15(9-20(22)34-2)11-28-30-24(33)23(32)27-12-17-4-3-7-35-17/h5-6,8-11,17H,3-4,7,12-13H2,1-2H3,(H,27,32)(H,29,31)(H,30,33)/b28-11-/t17-/m0/s1. The first-order valence-corrected chi connectivity index (χ1v) is 12.5. The zero-order valence-corrected chi connectivity index (χ0v) is 22.6. The van der Waals surface area contributed by atoms with Crippen molar-refractivity contribution in [3.8, 4) is 11.5 Å². The van der Waals surface area contributed by atoms with Crippen molar-refractivity contribution in [3.63, 3.8) is 0 Å². The summed E-state index contributed by atoms with van der Waals surface area (Å²) in [5.74, 6) is -1.28. The molecule has 1 aliphatic rings. The highest BCUT2D eigenvalue weighted by Crippen LogP contribution is 2.33. The summed E-state index contributed by atoms with van der Waals surface area (Å²) in [7, 11) is 1.47. The molecule has 36 heavy (non-hydrogen) atoms. The third kappa shape index (κ3) is 8.07. The molecular formula is C24H26ClIN4O6. The number of hydrazone groups is 1. The van der Waals surface area contributed by atoms with Crippen LogP contribution in [0.1, 0.15) is 24.0 Å². The lowest BCUT2D eigenvalue weighted by molar-refractivity contribution is -0.139. The molecule has 0 aliphatic carbocycles. The van der Waals surface area contributed by atoms with E-state index in [1.54, 1.807) is 24.3 Å². The molecule has 0 radical (unpaired) electrons. The highest BCUT2D eigenvalue weighted by molar-refractivity contribution is 14.1. The van der Waals surface area contributed by atoms with Crippen LogP contribution in [0, 0.1) is 10.5 Å². The van der Waals surface area contributed by atoms with E-state index in [1.807, 2.05) is 35.6 Å². The molecule has 1 atom stereocenters. The zero-order valence-electron chi connectivity index (χ0n) is 19.7. The number of carbonyl (C=O) groups excluding carboxylic acids is 3. The normalized spacial score (nSPS) is 14.9. The Morgan fingerprint density at radius 3 is 2.78 bits per heavy atom. The summed E-state index contributed by atoms with van der Waals surface area (Å²) < 4.78 is 17.2. The Bertz CT molecular complexity index is 1150. The molecule has 1 aliphatic heterocycles. The highest BCUT2D eigenvalue weighted by atomic mass is 127. The Morgan fingerprint density at radius 1 is 1.25 bits per heavy atom. The largest absolute Gasteiger partial charge is 0.493 e. The van der Waals surface area contributed by atoms with Gasteiger partial charge in [-0.15, -0.1) is 0 Å². The smallest absolute Gasteiger partial charge is 0.329 e. The van der Waals surface area contributed by atoms with Crippen molar-refractivity contribution in [1.82, 2.24) is 10.7 Å². The third-order valence-electron chi connectivity index (χ3n) is 5.17. The quantitative estimate of drug-likeness (QED) is 0.170. The van der Waals surface area contributed by atoms with Crippen molar-refractivity contribution >= 4 is 63.8 Å². The Labute approximate surface area is 227 Å². The molecule has 0 saturated carbocycles. The third-order valence-corrected chi connectivity index (χ3v) is 6.21. The van der Waals surface area contributed by atoms with Crippen LogP contribution in [0.3, 0.4) is 0 Å². The first kappa shape index (κ1) is 27.7. The Balaban J connectivity index is 1.54. The van der Waals surface area contributed by atoms with Crippen LogP contribution in [0.4, 0.5) is 5.69 Å². The monoisotopic (exact) mass is 628 g/mol. The van der Waals surface area contributed by atoms with Gasteiger partial charge in [-0.2, -0.15) is 5.10 Å². The number of nitrogens with one attached hydrogen (secondary N) is 3. The van der Waals surface area contributed by atoms with Crippen LogP contribution in [-0.2, 0) is 19.1 Å². The second kappa shape index (κ2) is 13.4. The fourth-order valence-electron chi connectivity index (χ4n) is 3.32. The summed E-state index contributed by atoms with van der Waals surface area (Å²) in [6.45, 7) is 2.56. The number of carbonyl (C=O) groups is 3. The summed E-state index contributed by atoms with van der Waals surface area (Å²) in [5.41, 5.74) is 4.25. The van der Waals surface area contributed by atoms with E-state index in [2.05, 4.69) is 21.2 Å². The summed E-state index contributed by atoms with van der Waals surface area (Å²) in [6, 6.07) is 8.58. The van der Waals surface area contributed by atoms with E-state index in [0.717, 1.165) is 18.4 Å². The predicted molar refractivity (Wildman–Crippen MR) is 144 cm³/mol. The average molecular weight is 629 g/mol. The van der Waals surface area contributed by atoms with E-state index < -0.39 is 11.8 Å².